The monoisotopic (exact) mass is 500 g/mol. The maximum atomic E-state index is 13.6. The van der Waals surface area contributed by atoms with E-state index < -0.39 is 42.0 Å². The van der Waals surface area contributed by atoms with E-state index >= 15 is 0 Å². The number of nitrogens with one attached hydrogen (secondary N) is 2. The highest BCUT2D eigenvalue weighted by Gasteiger charge is 2.39. The number of furan rings is 1. The van der Waals surface area contributed by atoms with Crippen LogP contribution in [0.25, 0.3) is 11.3 Å². The molecule has 1 aromatic carbocycles. The van der Waals surface area contributed by atoms with Gasteiger partial charge < -0.3 is 24.5 Å². The topological polar surface area (TPSA) is 107 Å². The van der Waals surface area contributed by atoms with Crippen molar-refractivity contribution in [3.8, 4) is 11.3 Å². The number of cyclic esters (lactones) is 1. The molecule has 36 heavy (non-hydrogen) atoms. The van der Waals surface area contributed by atoms with Crippen molar-refractivity contribution >= 4 is 17.8 Å². The Kier molecular flexibility index (Phi) is 8.40. The van der Waals surface area contributed by atoms with Crippen molar-refractivity contribution in [2.45, 2.75) is 83.3 Å². The molecule has 1 aromatic heterocycles. The van der Waals surface area contributed by atoms with E-state index in [1.165, 1.54) is 24.6 Å². The van der Waals surface area contributed by atoms with Gasteiger partial charge in [0, 0.05) is 5.56 Å². The average molecular weight is 501 g/mol. The second-order valence-corrected chi connectivity index (χ2v) is 9.80. The maximum absolute atomic E-state index is 13.6. The number of carbonyl (C=O) groups is 3. The van der Waals surface area contributed by atoms with E-state index in [1.807, 2.05) is 13.8 Å². The SMILES string of the molecule is CC(C)OC1OC(=O)CC1NC(=O)[C@H](CC1CCCCC1)NC(=O)c1ccc(-c2cccc(F)c2)o1. The zero-order valence-electron chi connectivity index (χ0n) is 20.6. The second-order valence-electron chi connectivity index (χ2n) is 9.80. The molecule has 3 atom stereocenters. The molecule has 0 radical (unpaired) electrons. The largest absolute Gasteiger partial charge is 0.451 e. The smallest absolute Gasteiger partial charge is 0.310 e. The van der Waals surface area contributed by atoms with E-state index in [1.54, 1.807) is 18.2 Å². The summed E-state index contributed by atoms with van der Waals surface area (Å²) in [5.74, 6) is -1.11. The van der Waals surface area contributed by atoms with Gasteiger partial charge in [0.2, 0.25) is 12.2 Å². The molecule has 1 saturated carbocycles. The van der Waals surface area contributed by atoms with Crippen LogP contribution in [0.2, 0.25) is 0 Å². The van der Waals surface area contributed by atoms with Gasteiger partial charge in [0.1, 0.15) is 23.7 Å². The van der Waals surface area contributed by atoms with Crippen LogP contribution in [-0.4, -0.2) is 42.3 Å². The zero-order valence-corrected chi connectivity index (χ0v) is 20.6. The summed E-state index contributed by atoms with van der Waals surface area (Å²) in [4.78, 5) is 38.2. The number of benzene rings is 1. The van der Waals surface area contributed by atoms with Crippen molar-refractivity contribution in [1.82, 2.24) is 10.6 Å². The first-order valence-corrected chi connectivity index (χ1v) is 12.6. The quantitative estimate of drug-likeness (QED) is 0.496. The fourth-order valence-electron chi connectivity index (χ4n) is 4.80. The Bertz CT molecular complexity index is 1080. The Balaban J connectivity index is 1.46. The van der Waals surface area contributed by atoms with Crippen LogP contribution in [0.15, 0.2) is 40.8 Å². The Hall–Kier alpha value is -3.20. The van der Waals surface area contributed by atoms with E-state index in [2.05, 4.69) is 10.6 Å². The van der Waals surface area contributed by atoms with Crippen molar-refractivity contribution in [2.24, 2.45) is 5.92 Å². The molecule has 8 nitrogen and oxygen atoms in total. The lowest BCUT2D eigenvalue weighted by Crippen LogP contribution is -2.52. The molecule has 9 heteroatoms. The number of halogens is 1. The predicted octanol–water partition coefficient (Wildman–Crippen LogP) is 4.34. The molecule has 1 aliphatic heterocycles. The predicted molar refractivity (Wildman–Crippen MR) is 129 cm³/mol. The second kappa shape index (κ2) is 11.7. The number of amides is 2. The fourth-order valence-corrected chi connectivity index (χ4v) is 4.80. The van der Waals surface area contributed by atoms with Crippen LogP contribution in [0.1, 0.15) is 69.3 Å². The van der Waals surface area contributed by atoms with Gasteiger partial charge >= 0.3 is 5.97 Å². The number of rotatable bonds is 9. The van der Waals surface area contributed by atoms with Crippen LogP contribution in [0.3, 0.4) is 0 Å². The third-order valence-electron chi connectivity index (χ3n) is 6.55. The highest BCUT2D eigenvalue weighted by Crippen LogP contribution is 2.28. The van der Waals surface area contributed by atoms with Gasteiger partial charge in [0.15, 0.2) is 5.76 Å². The van der Waals surface area contributed by atoms with Crippen molar-refractivity contribution in [1.29, 1.82) is 0 Å². The molecule has 0 bridgehead atoms. The van der Waals surface area contributed by atoms with Gasteiger partial charge in [0.05, 0.1) is 12.5 Å². The lowest BCUT2D eigenvalue weighted by atomic mass is 9.84. The molecular formula is C27H33FN2O6. The first-order valence-electron chi connectivity index (χ1n) is 12.6. The molecule has 2 aromatic rings. The molecule has 2 N–H and O–H groups in total. The Morgan fingerprint density at radius 1 is 1.14 bits per heavy atom. The van der Waals surface area contributed by atoms with Crippen LogP contribution >= 0.6 is 0 Å². The molecule has 194 valence electrons. The van der Waals surface area contributed by atoms with Gasteiger partial charge in [-0.05, 0) is 50.5 Å². The molecule has 4 rings (SSSR count). The highest BCUT2D eigenvalue weighted by molar-refractivity contribution is 5.96. The minimum atomic E-state index is -0.869. The molecule has 2 aliphatic rings. The Morgan fingerprint density at radius 2 is 1.92 bits per heavy atom. The van der Waals surface area contributed by atoms with Crippen LogP contribution in [0.4, 0.5) is 4.39 Å². The maximum Gasteiger partial charge on any atom is 0.310 e. The van der Waals surface area contributed by atoms with Gasteiger partial charge in [-0.3, -0.25) is 14.4 Å². The van der Waals surface area contributed by atoms with Gasteiger partial charge in [-0.2, -0.15) is 0 Å². The molecule has 2 fully saturated rings. The highest BCUT2D eigenvalue weighted by atomic mass is 19.1. The molecule has 2 unspecified atom stereocenters. The minimum absolute atomic E-state index is 0.00238. The average Bonchev–Trinajstić information content (AvgIpc) is 3.46. The molecule has 1 saturated heterocycles. The lowest BCUT2D eigenvalue weighted by Gasteiger charge is -2.28. The number of esters is 1. The van der Waals surface area contributed by atoms with E-state index in [0.29, 0.717) is 23.7 Å². The summed E-state index contributed by atoms with van der Waals surface area (Å²) < 4.78 is 30.1. The summed E-state index contributed by atoms with van der Waals surface area (Å²) in [7, 11) is 0. The first-order chi connectivity index (χ1) is 17.3. The molecule has 1 aliphatic carbocycles. The van der Waals surface area contributed by atoms with E-state index in [0.717, 1.165) is 25.7 Å². The summed E-state index contributed by atoms with van der Waals surface area (Å²) in [5, 5.41) is 5.66. The summed E-state index contributed by atoms with van der Waals surface area (Å²) in [6, 6.07) is 7.53. The Morgan fingerprint density at radius 3 is 2.64 bits per heavy atom. The van der Waals surface area contributed by atoms with Gasteiger partial charge in [-0.25, -0.2) is 4.39 Å². The summed E-state index contributed by atoms with van der Waals surface area (Å²) in [6.07, 6.45) is 4.77. The van der Waals surface area contributed by atoms with Crippen LogP contribution in [0.5, 0.6) is 0 Å². The van der Waals surface area contributed by atoms with E-state index in [4.69, 9.17) is 13.9 Å². The summed E-state index contributed by atoms with van der Waals surface area (Å²) >= 11 is 0. The van der Waals surface area contributed by atoms with Crippen molar-refractivity contribution < 1.29 is 32.7 Å². The van der Waals surface area contributed by atoms with Gasteiger partial charge in [0.25, 0.3) is 5.91 Å². The van der Waals surface area contributed by atoms with Crippen molar-refractivity contribution in [3.63, 3.8) is 0 Å². The fraction of sp³-hybridized carbons (Fsp3) is 0.519. The van der Waals surface area contributed by atoms with Crippen LogP contribution < -0.4 is 10.6 Å². The normalized spacial score (nSPS) is 21.3. The number of hydrogen-bond acceptors (Lipinski definition) is 6. The third kappa shape index (κ3) is 6.72. The molecule has 2 heterocycles. The molecular weight excluding hydrogens is 467 g/mol. The Labute approximate surface area is 209 Å². The van der Waals surface area contributed by atoms with Crippen molar-refractivity contribution in [3.05, 3.63) is 48.0 Å². The molecule has 0 spiro atoms. The number of ether oxygens (including phenoxy) is 2. The summed E-state index contributed by atoms with van der Waals surface area (Å²) in [6.45, 7) is 3.64. The molecule has 2 amide bonds. The third-order valence-corrected chi connectivity index (χ3v) is 6.55. The van der Waals surface area contributed by atoms with E-state index in [-0.39, 0.29) is 18.3 Å². The minimum Gasteiger partial charge on any atom is -0.451 e. The van der Waals surface area contributed by atoms with Gasteiger partial charge in [-0.1, -0.05) is 44.2 Å². The van der Waals surface area contributed by atoms with Gasteiger partial charge in [-0.15, -0.1) is 0 Å². The zero-order chi connectivity index (χ0) is 25.7. The van der Waals surface area contributed by atoms with Crippen molar-refractivity contribution in [2.75, 3.05) is 0 Å². The van der Waals surface area contributed by atoms with Crippen LogP contribution in [0, 0.1) is 11.7 Å². The van der Waals surface area contributed by atoms with E-state index in [9.17, 15) is 18.8 Å². The standard InChI is InChI=1S/C27H33FN2O6/c1-16(2)34-27-21(15-24(31)36-27)30-25(32)20(13-17-7-4-3-5-8-17)29-26(33)23-12-11-22(35-23)18-9-6-10-19(28)14-18/h6,9-12,14,16-17,20-21,27H,3-5,7-8,13,15H2,1-2H3,(H,29,33)(H,30,32)/t20-,21?,27?/m0/s1. The number of hydrogen-bond donors (Lipinski definition) is 2. The summed E-state index contributed by atoms with van der Waals surface area (Å²) in [5.41, 5.74) is 0.507. The lowest BCUT2D eigenvalue weighted by molar-refractivity contribution is -0.173. The van der Waals surface area contributed by atoms with Crippen LogP contribution in [-0.2, 0) is 19.1 Å². The first kappa shape index (κ1) is 25.9. The number of carbonyl (C=O) groups excluding carboxylic acids is 3.